The van der Waals surface area contributed by atoms with E-state index in [0.29, 0.717) is 0 Å². The fourth-order valence-electron chi connectivity index (χ4n) is 0.894. The number of nitrogens with zero attached hydrogens (tertiary/aromatic N) is 2. The van der Waals surface area contributed by atoms with Gasteiger partial charge in [0.25, 0.3) is 0 Å². The van der Waals surface area contributed by atoms with Gasteiger partial charge in [0.05, 0.1) is 6.20 Å². The maximum atomic E-state index is 10.8. The number of hydrogen-bond acceptors (Lipinski definition) is 2. The third kappa shape index (κ3) is 2.74. The Balaban J connectivity index is 2.63. The minimum absolute atomic E-state index is 0.107. The molecule has 1 amide bonds. The van der Waals surface area contributed by atoms with Crippen molar-refractivity contribution in [2.45, 2.75) is 13.5 Å². The molecule has 1 aromatic heterocycles. The van der Waals surface area contributed by atoms with Crippen LogP contribution in [-0.4, -0.2) is 22.7 Å². The van der Waals surface area contributed by atoms with E-state index in [0.717, 1.165) is 12.1 Å². The van der Waals surface area contributed by atoms with Crippen LogP contribution in [0.15, 0.2) is 18.5 Å². The number of aromatic nitrogens is 2. The minimum atomic E-state index is -0.107. The van der Waals surface area contributed by atoms with Gasteiger partial charge in [0.15, 0.2) is 0 Å². The topological polar surface area (TPSA) is 46.9 Å². The first-order chi connectivity index (χ1) is 6.26. The summed E-state index contributed by atoms with van der Waals surface area (Å²) < 4.78 is 1.81. The van der Waals surface area contributed by atoms with Crippen LogP contribution >= 0.6 is 0 Å². The monoisotopic (exact) mass is 179 g/mol. The predicted molar refractivity (Wildman–Crippen MR) is 51.0 cm³/mol. The van der Waals surface area contributed by atoms with Crippen molar-refractivity contribution in [3.8, 4) is 0 Å². The molecule has 1 aromatic rings. The van der Waals surface area contributed by atoms with E-state index in [1.165, 1.54) is 6.08 Å². The molecule has 13 heavy (non-hydrogen) atoms. The van der Waals surface area contributed by atoms with Gasteiger partial charge in [-0.05, 0) is 13.0 Å². The average Bonchev–Trinajstić information content (AvgIpc) is 2.61. The fraction of sp³-hybridized carbons (Fsp3) is 0.333. The molecule has 4 heteroatoms. The maximum Gasteiger partial charge on any atom is 0.243 e. The summed E-state index contributed by atoms with van der Waals surface area (Å²) in [6, 6.07) is 0. The molecule has 0 aliphatic heterocycles. The van der Waals surface area contributed by atoms with E-state index < -0.39 is 0 Å². The SMILES string of the molecule is CCn1cc(/C=C/C(=O)NC)cn1. The highest BCUT2D eigenvalue weighted by molar-refractivity contribution is 5.91. The Hall–Kier alpha value is -1.58. The van der Waals surface area contributed by atoms with Crippen molar-refractivity contribution in [2.24, 2.45) is 0 Å². The van der Waals surface area contributed by atoms with Crippen LogP contribution < -0.4 is 5.32 Å². The molecule has 0 atom stereocenters. The second kappa shape index (κ2) is 4.45. The molecule has 1 N–H and O–H groups in total. The molecule has 0 saturated carbocycles. The summed E-state index contributed by atoms with van der Waals surface area (Å²) in [7, 11) is 1.60. The van der Waals surface area contributed by atoms with Gasteiger partial charge in [-0.2, -0.15) is 5.10 Å². The molecule has 0 bridgehead atoms. The standard InChI is InChI=1S/C9H13N3O/c1-3-12-7-8(6-11-12)4-5-9(13)10-2/h4-7H,3H2,1-2H3,(H,10,13)/b5-4+. The Morgan fingerprint density at radius 1 is 1.77 bits per heavy atom. The molecule has 70 valence electrons. The molecule has 1 heterocycles. The molecule has 0 aliphatic rings. The zero-order valence-corrected chi connectivity index (χ0v) is 7.82. The van der Waals surface area contributed by atoms with Gasteiger partial charge in [-0.15, -0.1) is 0 Å². The summed E-state index contributed by atoms with van der Waals surface area (Å²) in [4.78, 5) is 10.8. The zero-order valence-electron chi connectivity index (χ0n) is 7.82. The number of carbonyl (C=O) groups excluding carboxylic acids is 1. The Bertz CT molecular complexity index is 314. The lowest BCUT2D eigenvalue weighted by Gasteiger charge is -1.90. The molecular formula is C9H13N3O. The minimum Gasteiger partial charge on any atom is -0.356 e. The van der Waals surface area contributed by atoms with Crippen molar-refractivity contribution in [2.75, 3.05) is 7.05 Å². The van der Waals surface area contributed by atoms with Crippen molar-refractivity contribution >= 4 is 12.0 Å². The Labute approximate surface area is 77.3 Å². The highest BCUT2D eigenvalue weighted by Gasteiger charge is 1.93. The van der Waals surface area contributed by atoms with Gasteiger partial charge < -0.3 is 5.32 Å². The maximum absolute atomic E-state index is 10.8. The lowest BCUT2D eigenvalue weighted by atomic mass is 10.3. The molecule has 0 aliphatic carbocycles. The van der Waals surface area contributed by atoms with Crippen LogP contribution in [0.5, 0.6) is 0 Å². The third-order valence-corrected chi connectivity index (χ3v) is 1.65. The lowest BCUT2D eigenvalue weighted by Crippen LogP contribution is -2.13. The van der Waals surface area contributed by atoms with Gasteiger partial charge in [0.2, 0.25) is 5.91 Å². The van der Waals surface area contributed by atoms with Crippen LogP contribution in [0.4, 0.5) is 0 Å². The molecule has 0 spiro atoms. The molecule has 0 unspecified atom stereocenters. The van der Waals surface area contributed by atoms with Crippen LogP contribution in [0.25, 0.3) is 6.08 Å². The molecule has 0 saturated heterocycles. The van der Waals surface area contributed by atoms with Crippen molar-refractivity contribution in [3.63, 3.8) is 0 Å². The summed E-state index contributed by atoms with van der Waals surface area (Å²) in [6.07, 6.45) is 6.83. The molecule has 0 radical (unpaired) electrons. The summed E-state index contributed by atoms with van der Waals surface area (Å²) in [6.45, 7) is 2.85. The van der Waals surface area contributed by atoms with Crippen LogP contribution in [-0.2, 0) is 11.3 Å². The Kier molecular flexibility index (Phi) is 3.25. The van der Waals surface area contributed by atoms with Gasteiger partial charge in [-0.3, -0.25) is 9.48 Å². The van der Waals surface area contributed by atoms with E-state index in [2.05, 4.69) is 10.4 Å². The predicted octanol–water partition coefficient (Wildman–Crippen LogP) is 0.662. The number of likely N-dealkylation sites (N-methyl/N-ethyl adjacent to an activating group) is 1. The van der Waals surface area contributed by atoms with E-state index in [1.54, 1.807) is 19.3 Å². The largest absolute Gasteiger partial charge is 0.356 e. The normalized spacial score (nSPS) is 10.6. The molecule has 1 rings (SSSR count). The van der Waals surface area contributed by atoms with Crippen LogP contribution in [0.2, 0.25) is 0 Å². The Morgan fingerprint density at radius 3 is 3.08 bits per heavy atom. The van der Waals surface area contributed by atoms with Crippen LogP contribution in [0.1, 0.15) is 12.5 Å². The second-order valence-corrected chi connectivity index (χ2v) is 2.58. The summed E-state index contributed by atoms with van der Waals surface area (Å²) in [5.74, 6) is -0.107. The molecule has 4 nitrogen and oxygen atoms in total. The molecular weight excluding hydrogens is 166 g/mol. The van der Waals surface area contributed by atoms with E-state index >= 15 is 0 Å². The van der Waals surface area contributed by atoms with E-state index in [1.807, 2.05) is 17.8 Å². The fourth-order valence-corrected chi connectivity index (χ4v) is 0.894. The van der Waals surface area contributed by atoms with Crippen molar-refractivity contribution < 1.29 is 4.79 Å². The number of aryl methyl sites for hydroxylation is 1. The number of nitrogens with one attached hydrogen (secondary N) is 1. The van der Waals surface area contributed by atoms with Crippen LogP contribution in [0.3, 0.4) is 0 Å². The van der Waals surface area contributed by atoms with E-state index in [4.69, 9.17) is 0 Å². The third-order valence-electron chi connectivity index (χ3n) is 1.65. The molecule has 0 fully saturated rings. The highest BCUT2D eigenvalue weighted by Crippen LogP contribution is 1.99. The zero-order chi connectivity index (χ0) is 9.68. The lowest BCUT2D eigenvalue weighted by molar-refractivity contribution is -0.115. The first-order valence-corrected chi connectivity index (χ1v) is 4.18. The van der Waals surface area contributed by atoms with Crippen molar-refractivity contribution in [3.05, 3.63) is 24.0 Å². The van der Waals surface area contributed by atoms with Gasteiger partial charge in [0, 0.05) is 31.4 Å². The van der Waals surface area contributed by atoms with E-state index in [9.17, 15) is 4.79 Å². The number of rotatable bonds is 3. The average molecular weight is 179 g/mol. The van der Waals surface area contributed by atoms with Gasteiger partial charge in [-0.25, -0.2) is 0 Å². The number of carbonyl (C=O) groups is 1. The van der Waals surface area contributed by atoms with Crippen molar-refractivity contribution in [1.29, 1.82) is 0 Å². The number of hydrogen-bond donors (Lipinski definition) is 1. The summed E-state index contributed by atoms with van der Waals surface area (Å²) in [5, 5.41) is 6.58. The van der Waals surface area contributed by atoms with Crippen LogP contribution in [0, 0.1) is 0 Å². The second-order valence-electron chi connectivity index (χ2n) is 2.58. The first-order valence-electron chi connectivity index (χ1n) is 4.18. The summed E-state index contributed by atoms with van der Waals surface area (Å²) >= 11 is 0. The number of amides is 1. The Morgan fingerprint density at radius 2 is 2.54 bits per heavy atom. The molecule has 0 aromatic carbocycles. The van der Waals surface area contributed by atoms with Gasteiger partial charge >= 0.3 is 0 Å². The van der Waals surface area contributed by atoms with Gasteiger partial charge in [-0.1, -0.05) is 0 Å². The quantitative estimate of drug-likeness (QED) is 0.693. The van der Waals surface area contributed by atoms with Crippen molar-refractivity contribution in [1.82, 2.24) is 15.1 Å². The smallest absolute Gasteiger partial charge is 0.243 e. The highest BCUT2D eigenvalue weighted by atomic mass is 16.1. The van der Waals surface area contributed by atoms with Gasteiger partial charge in [0.1, 0.15) is 0 Å². The first kappa shape index (κ1) is 9.51. The summed E-state index contributed by atoms with van der Waals surface area (Å²) in [5.41, 5.74) is 0.936. The van der Waals surface area contributed by atoms with E-state index in [-0.39, 0.29) is 5.91 Å².